The Morgan fingerprint density at radius 1 is 1.46 bits per heavy atom. The highest BCUT2D eigenvalue weighted by atomic mass is 16.4. The summed E-state index contributed by atoms with van der Waals surface area (Å²) in [6.45, 7) is 0. The number of aliphatic carboxylic acids is 1. The zero-order valence-electron chi connectivity index (χ0n) is 6.41. The van der Waals surface area contributed by atoms with Crippen LogP contribution in [-0.2, 0) is 9.59 Å². The van der Waals surface area contributed by atoms with Gasteiger partial charge in [-0.3, -0.25) is 4.79 Å². The molecule has 6 nitrogen and oxygen atoms in total. The predicted octanol–water partition coefficient (Wildman–Crippen LogP) is -2.34. The fourth-order valence-electron chi connectivity index (χ4n) is 1.05. The van der Waals surface area contributed by atoms with E-state index in [-0.39, 0.29) is 0 Å². The summed E-state index contributed by atoms with van der Waals surface area (Å²) in [5.74, 6) is -2.79. The van der Waals surface area contributed by atoms with E-state index in [9.17, 15) is 14.7 Å². The average molecular weight is 188 g/mol. The number of rotatable bonds is 1. The van der Waals surface area contributed by atoms with Crippen molar-refractivity contribution in [3.8, 4) is 0 Å². The van der Waals surface area contributed by atoms with Crippen molar-refractivity contribution in [3.05, 3.63) is 12.2 Å². The molecule has 0 aromatic rings. The van der Waals surface area contributed by atoms with Crippen LogP contribution in [0.3, 0.4) is 0 Å². The van der Waals surface area contributed by atoms with E-state index in [1.54, 1.807) is 0 Å². The molecule has 3 atom stereocenters. The Kier molecular flexibility index (Phi) is 2.21. The third kappa shape index (κ3) is 1.24. The van der Waals surface area contributed by atoms with Crippen LogP contribution in [0, 0.1) is 0 Å². The molecule has 1 aliphatic rings. The van der Waals surface area contributed by atoms with Gasteiger partial charge in [-0.1, -0.05) is 0 Å². The predicted molar refractivity (Wildman–Crippen MR) is 38.7 cm³/mol. The first kappa shape index (κ1) is 9.85. The van der Waals surface area contributed by atoms with Gasteiger partial charge in [0, 0.05) is 0 Å². The van der Waals surface area contributed by atoms with Crippen LogP contribution in [0.1, 0.15) is 0 Å². The molecule has 0 fully saturated rings. The number of carbonyl (C=O) groups is 2. The number of ketones is 1. The van der Waals surface area contributed by atoms with E-state index < -0.39 is 29.6 Å². The van der Waals surface area contributed by atoms with E-state index in [4.69, 9.17) is 15.3 Å². The lowest BCUT2D eigenvalue weighted by Gasteiger charge is -2.32. The lowest BCUT2D eigenvalue weighted by molar-refractivity contribution is -0.189. The van der Waals surface area contributed by atoms with Gasteiger partial charge in [0.15, 0.2) is 11.9 Å². The number of hydrogen-bond donors (Lipinski definition) is 4. The van der Waals surface area contributed by atoms with Crippen molar-refractivity contribution in [1.82, 2.24) is 0 Å². The van der Waals surface area contributed by atoms with Crippen LogP contribution in [0.25, 0.3) is 0 Å². The summed E-state index contributed by atoms with van der Waals surface area (Å²) < 4.78 is 0. The summed E-state index contributed by atoms with van der Waals surface area (Å²) in [5, 5.41) is 35.9. The molecule has 0 saturated heterocycles. The van der Waals surface area contributed by atoms with Gasteiger partial charge in [-0.2, -0.15) is 0 Å². The van der Waals surface area contributed by atoms with E-state index in [1.165, 1.54) is 0 Å². The van der Waals surface area contributed by atoms with Crippen LogP contribution in [0.5, 0.6) is 0 Å². The highest BCUT2D eigenvalue weighted by Crippen LogP contribution is 2.22. The summed E-state index contributed by atoms with van der Waals surface area (Å²) >= 11 is 0. The number of carboxylic acids is 1. The van der Waals surface area contributed by atoms with Crippen molar-refractivity contribution in [1.29, 1.82) is 0 Å². The third-order valence-corrected chi connectivity index (χ3v) is 1.92. The Hall–Kier alpha value is -1.24. The molecule has 0 aromatic heterocycles. The van der Waals surface area contributed by atoms with E-state index in [1.807, 2.05) is 0 Å². The first-order chi connectivity index (χ1) is 5.90. The summed E-state index contributed by atoms with van der Waals surface area (Å²) in [7, 11) is 0. The molecule has 6 heteroatoms. The molecule has 0 aliphatic heterocycles. The van der Waals surface area contributed by atoms with E-state index in [0.29, 0.717) is 0 Å². The smallest absolute Gasteiger partial charge is 0.342 e. The molecule has 0 spiro atoms. The highest BCUT2D eigenvalue weighted by Gasteiger charge is 2.53. The van der Waals surface area contributed by atoms with Crippen molar-refractivity contribution >= 4 is 11.8 Å². The van der Waals surface area contributed by atoms with Gasteiger partial charge in [-0.25, -0.2) is 4.79 Å². The van der Waals surface area contributed by atoms with Crippen molar-refractivity contribution in [3.63, 3.8) is 0 Å². The van der Waals surface area contributed by atoms with Gasteiger partial charge < -0.3 is 20.4 Å². The SMILES string of the molecule is O=C1C=CC(O)C(O)(C(=O)O)C1O. The second kappa shape index (κ2) is 2.91. The maximum atomic E-state index is 10.8. The fraction of sp³-hybridized carbons (Fsp3) is 0.429. The number of hydrogen-bond acceptors (Lipinski definition) is 5. The molecule has 0 aromatic carbocycles. The van der Waals surface area contributed by atoms with Gasteiger partial charge >= 0.3 is 5.97 Å². The van der Waals surface area contributed by atoms with Crippen LogP contribution in [-0.4, -0.2) is 50.0 Å². The number of carbonyl (C=O) groups excluding carboxylic acids is 1. The molecule has 13 heavy (non-hydrogen) atoms. The lowest BCUT2D eigenvalue weighted by atomic mass is 9.83. The molecule has 1 aliphatic carbocycles. The first-order valence-electron chi connectivity index (χ1n) is 3.44. The zero-order valence-corrected chi connectivity index (χ0v) is 6.41. The molecule has 0 saturated carbocycles. The van der Waals surface area contributed by atoms with Crippen LogP contribution < -0.4 is 0 Å². The molecule has 72 valence electrons. The van der Waals surface area contributed by atoms with Crippen LogP contribution >= 0.6 is 0 Å². The number of carboxylic acid groups (broad SMARTS) is 1. The van der Waals surface area contributed by atoms with Crippen LogP contribution in [0.15, 0.2) is 12.2 Å². The monoisotopic (exact) mass is 188 g/mol. The largest absolute Gasteiger partial charge is 0.479 e. The molecule has 0 heterocycles. The summed E-state index contributed by atoms with van der Waals surface area (Å²) in [6.07, 6.45) is -2.28. The quantitative estimate of drug-likeness (QED) is 0.366. The molecule has 0 bridgehead atoms. The second-order valence-electron chi connectivity index (χ2n) is 2.74. The molecule has 3 unspecified atom stereocenters. The Balaban J connectivity index is 3.15. The van der Waals surface area contributed by atoms with E-state index >= 15 is 0 Å². The van der Waals surface area contributed by atoms with Gasteiger partial charge in [0.05, 0.1) is 0 Å². The summed E-state index contributed by atoms with van der Waals surface area (Å²) in [5.41, 5.74) is -2.84. The van der Waals surface area contributed by atoms with Crippen molar-refractivity contribution in [2.75, 3.05) is 0 Å². The topological polar surface area (TPSA) is 115 Å². The minimum Gasteiger partial charge on any atom is -0.479 e. The second-order valence-corrected chi connectivity index (χ2v) is 2.74. The van der Waals surface area contributed by atoms with Gasteiger partial charge in [-0.15, -0.1) is 0 Å². The van der Waals surface area contributed by atoms with Crippen LogP contribution in [0.2, 0.25) is 0 Å². The molecule has 4 N–H and O–H groups in total. The lowest BCUT2D eigenvalue weighted by Crippen LogP contribution is -2.61. The Morgan fingerprint density at radius 2 is 2.00 bits per heavy atom. The Labute approximate surface area is 72.7 Å². The normalized spacial score (nSPS) is 39.2. The van der Waals surface area contributed by atoms with Gasteiger partial charge in [0.2, 0.25) is 5.60 Å². The summed E-state index contributed by atoms with van der Waals surface area (Å²) in [6, 6.07) is 0. The van der Waals surface area contributed by atoms with Crippen LogP contribution in [0.4, 0.5) is 0 Å². The van der Waals surface area contributed by atoms with E-state index in [2.05, 4.69) is 0 Å². The minimum atomic E-state index is -2.84. The van der Waals surface area contributed by atoms with Gasteiger partial charge in [-0.05, 0) is 12.2 Å². The standard InChI is InChI=1S/C7H8O6/c8-3-1-2-4(9)7(13,5(3)10)6(11)12/h1-2,4-5,9-10,13H,(H,11,12). The average Bonchev–Trinajstić information content (AvgIpc) is 2.08. The molecule has 0 radical (unpaired) electrons. The maximum absolute atomic E-state index is 10.8. The number of aliphatic hydroxyl groups is 3. The number of aliphatic hydroxyl groups excluding tert-OH is 2. The third-order valence-electron chi connectivity index (χ3n) is 1.92. The molecule has 1 rings (SSSR count). The molecule has 0 amide bonds. The first-order valence-corrected chi connectivity index (χ1v) is 3.44. The highest BCUT2D eigenvalue weighted by molar-refractivity contribution is 6.00. The van der Waals surface area contributed by atoms with E-state index in [0.717, 1.165) is 12.2 Å². The minimum absolute atomic E-state index is 0.823. The van der Waals surface area contributed by atoms with Crippen molar-refractivity contribution in [2.45, 2.75) is 17.8 Å². The molecular weight excluding hydrogens is 180 g/mol. The zero-order chi connectivity index (χ0) is 10.2. The van der Waals surface area contributed by atoms with Gasteiger partial charge in [0.1, 0.15) is 6.10 Å². The summed E-state index contributed by atoms with van der Waals surface area (Å²) in [4.78, 5) is 21.3. The van der Waals surface area contributed by atoms with Crippen molar-refractivity contribution < 1.29 is 30.0 Å². The Bertz CT molecular complexity index is 283. The Morgan fingerprint density at radius 3 is 2.38 bits per heavy atom. The maximum Gasteiger partial charge on any atom is 0.342 e. The van der Waals surface area contributed by atoms with Crippen molar-refractivity contribution in [2.24, 2.45) is 0 Å². The fourth-order valence-corrected chi connectivity index (χ4v) is 1.05. The van der Waals surface area contributed by atoms with Gasteiger partial charge in [0.25, 0.3) is 0 Å². The molecular formula is C7H8O6.